The summed E-state index contributed by atoms with van der Waals surface area (Å²) in [5, 5.41) is 18.2. The number of halogens is 1. The van der Waals surface area contributed by atoms with Gasteiger partial charge in [-0.1, -0.05) is 17.7 Å². The Morgan fingerprint density at radius 1 is 1.32 bits per heavy atom. The molecule has 2 atom stereocenters. The normalized spacial score (nSPS) is 32.6. The number of sulfonamides is 1. The van der Waals surface area contributed by atoms with Crippen molar-refractivity contribution in [3.8, 4) is 11.9 Å². The van der Waals surface area contributed by atoms with E-state index in [1.54, 1.807) is 0 Å². The topological polar surface area (TPSA) is 118 Å². The lowest BCUT2D eigenvalue weighted by atomic mass is 9.54. The molecule has 0 amide bonds. The average Bonchev–Trinajstić information content (AvgIpc) is 2.64. The second kappa shape index (κ2) is 7.65. The van der Waals surface area contributed by atoms with Gasteiger partial charge in [-0.25, -0.2) is 13.6 Å². The first-order valence-corrected chi connectivity index (χ1v) is 12.6. The summed E-state index contributed by atoms with van der Waals surface area (Å²) < 4.78 is 30.1. The summed E-state index contributed by atoms with van der Waals surface area (Å²) in [5.74, 6) is 1.60. The molecule has 9 heteroatoms. The molecular weight excluding hydrogens is 436 g/mol. The Bertz CT molecular complexity index is 1050. The number of benzene rings is 1. The van der Waals surface area contributed by atoms with Crippen molar-refractivity contribution in [2.45, 2.75) is 69.3 Å². The van der Waals surface area contributed by atoms with Crippen LogP contribution in [-0.4, -0.2) is 30.6 Å². The van der Waals surface area contributed by atoms with Gasteiger partial charge < -0.3 is 4.74 Å². The highest BCUT2D eigenvalue weighted by Crippen LogP contribution is 2.59. The molecule has 0 aliphatic heterocycles. The lowest BCUT2D eigenvalue weighted by Gasteiger charge is -2.57. The Morgan fingerprint density at radius 2 is 1.97 bits per heavy atom. The predicted octanol–water partition coefficient (Wildman–Crippen LogP) is 3.51. The van der Waals surface area contributed by atoms with Crippen LogP contribution < -0.4 is 15.2 Å². The molecule has 4 saturated carbocycles. The zero-order valence-corrected chi connectivity index (χ0v) is 19.6. The standard InChI is InChI=1S/C22H29ClN4O3S/c1-13-4-5-18(17(23)6-13)30-21(2,3)20(26-12-24)27-19-15-7-14-8-16(19)11-22(9-14,10-15)31(25,28)29/h4-6,14-16,19H,7-11H2,1-3H3,(H,26,27)(H2,25,28,29). The van der Waals surface area contributed by atoms with Crippen molar-refractivity contribution in [2.24, 2.45) is 27.9 Å². The minimum atomic E-state index is -3.62. The lowest BCUT2D eigenvalue weighted by Crippen LogP contribution is -2.61. The van der Waals surface area contributed by atoms with Crippen LogP contribution in [0.15, 0.2) is 23.2 Å². The Morgan fingerprint density at radius 3 is 2.52 bits per heavy atom. The van der Waals surface area contributed by atoms with Crippen molar-refractivity contribution in [3.05, 3.63) is 28.8 Å². The van der Waals surface area contributed by atoms with Crippen LogP contribution in [0.4, 0.5) is 0 Å². The molecule has 168 valence electrons. The maximum absolute atomic E-state index is 12.4. The molecule has 0 spiro atoms. The fourth-order valence-electron chi connectivity index (χ4n) is 6.03. The summed E-state index contributed by atoms with van der Waals surface area (Å²) in [7, 11) is -3.62. The Kier molecular flexibility index (Phi) is 5.52. The fourth-order valence-corrected chi connectivity index (χ4v) is 7.67. The Hall–Kier alpha value is -1.82. The molecular formula is C22H29ClN4O3S. The molecule has 0 saturated heterocycles. The molecule has 0 radical (unpaired) electrons. The largest absolute Gasteiger partial charge is 0.478 e. The number of hydrogen-bond acceptors (Lipinski definition) is 5. The first kappa shape index (κ1) is 22.4. The molecule has 5 rings (SSSR count). The number of primary sulfonamides is 1. The molecule has 4 fully saturated rings. The number of aliphatic imine (C=N–C) groups is 1. The van der Waals surface area contributed by atoms with Gasteiger partial charge in [-0.2, -0.15) is 5.26 Å². The number of aryl methyl sites for hydroxylation is 1. The van der Waals surface area contributed by atoms with Gasteiger partial charge >= 0.3 is 0 Å². The quantitative estimate of drug-likeness (QED) is 0.299. The van der Waals surface area contributed by atoms with E-state index in [0.717, 1.165) is 18.4 Å². The third-order valence-corrected chi connectivity index (χ3v) is 9.25. The van der Waals surface area contributed by atoms with E-state index in [-0.39, 0.29) is 17.9 Å². The van der Waals surface area contributed by atoms with E-state index >= 15 is 0 Å². The molecule has 4 aliphatic carbocycles. The van der Waals surface area contributed by atoms with E-state index < -0.39 is 20.4 Å². The third kappa shape index (κ3) is 4.04. The van der Waals surface area contributed by atoms with Crippen molar-refractivity contribution in [3.63, 3.8) is 0 Å². The molecule has 0 aromatic heterocycles. The molecule has 31 heavy (non-hydrogen) atoms. The van der Waals surface area contributed by atoms with Crippen molar-refractivity contribution >= 4 is 27.5 Å². The first-order valence-electron chi connectivity index (χ1n) is 10.6. The van der Waals surface area contributed by atoms with Crippen molar-refractivity contribution < 1.29 is 13.2 Å². The zero-order chi connectivity index (χ0) is 22.6. The molecule has 1 aromatic rings. The average molecular weight is 465 g/mol. The summed E-state index contributed by atoms with van der Waals surface area (Å²) in [5.41, 5.74) is 0.0950. The van der Waals surface area contributed by atoms with Crippen molar-refractivity contribution in [2.75, 3.05) is 0 Å². The van der Waals surface area contributed by atoms with E-state index in [1.807, 2.05) is 45.2 Å². The minimum absolute atomic E-state index is 0.0568. The molecule has 4 aliphatic rings. The lowest BCUT2D eigenvalue weighted by molar-refractivity contribution is 0.0138. The maximum atomic E-state index is 12.4. The van der Waals surface area contributed by atoms with E-state index in [2.05, 4.69) is 5.32 Å². The molecule has 3 N–H and O–H groups in total. The predicted molar refractivity (Wildman–Crippen MR) is 120 cm³/mol. The van der Waals surface area contributed by atoms with Crippen LogP contribution in [0.2, 0.25) is 5.02 Å². The van der Waals surface area contributed by atoms with Crippen LogP contribution in [-0.2, 0) is 10.0 Å². The van der Waals surface area contributed by atoms with E-state index in [9.17, 15) is 13.7 Å². The smallest absolute Gasteiger partial charge is 0.214 e. The van der Waals surface area contributed by atoms with Crippen molar-refractivity contribution in [1.29, 1.82) is 5.26 Å². The van der Waals surface area contributed by atoms with Crippen molar-refractivity contribution in [1.82, 2.24) is 5.32 Å². The van der Waals surface area contributed by atoms with Crippen LogP contribution in [0, 0.1) is 36.1 Å². The van der Waals surface area contributed by atoms with Gasteiger partial charge in [0.25, 0.3) is 0 Å². The van der Waals surface area contributed by atoms with Gasteiger partial charge in [0, 0.05) is 0 Å². The van der Waals surface area contributed by atoms with Gasteiger partial charge in [0.1, 0.15) is 5.75 Å². The SMILES string of the molecule is Cc1ccc(OC(C)(C)C(=NC2C3CC4CC2CC(S(N)(=O)=O)(C4)C3)NC#N)c(Cl)c1. The fraction of sp³-hybridized carbons (Fsp3) is 0.636. The van der Waals surface area contributed by atoms with Crippen LogP contribution in [0.5, 0.6) is 5.75 Å². The monoisotopic (exact) mass is 464 g/mol. The van der Waals surface area contributed by atoms with Crippen LogP contribution >= 0.6 is 11.6 Å². The number of ether oxygens (including phenoxy) is 1. The second-order valence-corrected chi connectivity index (χ2v) is 12.3. The number of hydrogen-bond donors (Lipinski definition) is 2. The molecule has 4 bridgehead atoms. The number of amidine groups is 1. The van der Waals surface area contributed by atoms with E-state index in [1.165, 1.54) is 0 Å². The summed E-state index contributed by atoms with van der Waals surface area (Å²) in [4.78, 5) is 4.97. The molecule has 0 heterocycles. The number of rotatable bonds is 5. The summed E-state index contributed by atoms with van der Waals surface area (Å²) >= 11 is 6.35. The summed E-state index contributed by atoms with van der Waals surface area (Å²) in [6.45, 7) is 5.63. The summed E-state index contributed by atoms with van der Waals surface area (Å²) in [6.07, 6.45) is 5.63. The first-order chi connectivity index (χ1) is 14.4. The number of nitrogens with two attached hydrogens (primary N) is 1. The minimum Gasteiger partial charge on any atom is -0.478 e. The van der Waals surface area contributed by atoms with Crippen LogP contribution in [0.1, 0.15) is 51.5 Å². The highest BCUT2D eigenvalue weighted by Gasteiger charge is 2.60. The van der Waals surface area contributed by atoms with E-state index in [0.29, 0.717) is 41.8 Å². The van der Waals surface area contributed by atoms with Gasteiger partial charge in [-0.15, -0.1) is 0 Å². The van der Waals surface area contributed by atoms with Gasteiger partial charge in [0.2, 0.25) is 10.0 Å². The van der Waals surface area contributed by atoms with Gasteiger partial charge in [-0.05, 0) is 88.3 Å². The third-order valence-electron chi connectivity index (χ3n) is 7.25. The number of nitriles is 1. The maximum Gasteiger partial charge on any atom is 0.214 e. The van der Waals surface area contributed by atoms with Gasteiger partial charge in [0.05, 0.1) is 15.8 Å². The van der Waals surface area contributed by atoms with Crippen LogP contribution in [0.25, 0.3) is 0 Å². The highest BCUT2D eigenvalue weighted by atomic mass is 35.5. The Labute approximate surface area is 189 Å². The zero-order valence-electron chi connectivity index (χ0n) is 18.1. The van der Waals surface area contributed by atoms with Gasteiger partial charge in [0.15, 0.2) is 17.6 Å². The van der Waals surface area contributed by atoms with E-state index in [4.69, 9.17) is 26.5 Å². The second-order valence-electron chi connectivity index (χ2n) is 9.95. The summed E-state index contributed by atoms with van der Waals surface area (Å²) in [6, 6.07) is 5.49. The number of nitrogens with one attached hydrogen (secondary N) is 1. The Balaban J connectivity index is 1.63. The highest BCUT2D eigenvalue weighted by molar-refractivity contribution is 7.90. The molecule has 7 nitrogen and oxygen atoms in total. The number of nitrogens with zero attached hydrogens (tertiary/aromatic N) is 2. The van der Waals surface area contributed by atoms with Gasteiger partial charge in [-0.3, -0.25) is 10.3 Å². The molecule has 1 aromatic carbocycles. The van der Waals surface area contributed by atoms with Crippen LogP contribution in [0.3, 0.4) is 0 Å². The molecule has 2 unspecified atom stereocenters.